The fourth-order valence-corrected chi connectivity index (χ4v) is 2.85. The molecule has 1 saturated heterocycles. The van der Waals surface area contributed by atoms with Crippen molar-refractivity contribution in [1.29, 1.82) is 0 Å². The third-order valence-electron chi connectivity index (χ3n) is 3.53. The summed E-state index contributed by atoms with van der Waals surface area (Å²) in [5.41, 5.74) is 0. The minimum atomic E-state index is 0.658. The van der Waals surface area contributed by atoms with Crippen molar-refractivity contribution in [2.75, 3.05) is 19.6 Å². The molecule has 16 heavy (non-hydrogen) atoms. The third kappa shape index (κ3) is 2.86. The van der Waals surface area contributed by atoms with Gasteiger partial charge in [0.05, 0.1) is 0 Å². The highest BCUT2D eigenvalue weighted by Gasteiger charge is 2.23. The number of alkyl halides is 1. The van der Waals surface area contributed by atoms with Gasteiger partial charge in [0.15, 0.2) is 0 Å². The molecule has 4 heteroatoms. The minimum Gasteiger partial charge on any atom is -0.334 e. The number of piperidine rings is 1. The predicted octanol–water partition coefficient (Wildman–Crippen LogP) is 2.30. The summed E-state index contributed by atoms with van der Waals surface area (Å²) >= 11 is 3.77. The summed E-state index contributed by atoms with van der Waals surface area (Å²) < 4.78 is 2.22. The van der Waals surface area contributed by atoms with E-state index < -0.39 is 0 Å². The lowest BCUT2D eigenvalue weighted by Gasteiger charge is -2.34. The molecule has 1 aromatic rings. The first-order valence-electron chi connectivity index (χ1n) is 6.01. The molecule has 2 heterocycles. The largest absolute Gasteiger partial charge is 0.334 e. The van der Waals surface area contributed by atoms with Crippen LogP contribution in [-0.2, 0) is 6.54 Å². The average Bonchev–Trinajstić information content (AvgIpc) is 2.66. The van der Waals surface area contributed by atoms with Gasteiger partial charge in [0, 0.05) is 36.9 Å². The number of aryl methyl sites for hydroxylation is 1. The zero-order valence-electron chi connectivity index (χ0n) is 10.1. The molecule has 0 spiro atoms. The molecule has 2 unspecified atom stereocenters. The number of nitrogens with zero attached hydrogens (tertiary/aromatic N) is 3. The van der Waals surface area contributed by atoms with Gasteiger partial charge in [0.1, 0.15) is 5.82 Å². The summed E-state index contributed by atoms with van der Waals surface area (Å²) in [6.07, 6.45) is 5.24. The Morgan fingerprint density at radius 1 is 1.50 bits per heavy atom. The molecule has 1 aromatic heterocycles. The highest BCUT2D eigenvalue weighted by atomic mass is 79.9. The molecule has 1 aliphatic rings. The van der Waals surface area contributed by atoms with Gasteiger partial charge in [0.25, 0.3) is 0 Å². The lowest BCUT2D eigenvalue weighted by Crippen LogP contribution is -2.41. The second-order valence-corrected chi connectivity index (χ2v) is 5.93. The van der Waals surface area contributed by atoms with Crippen molar-refractivity contribution in [1.82, 2.24) is 14.5 Å². The molecule has 2 rings (SSSR count). The van der Waals surface area contributed by atoms with E-state index in [0.717, 1.165) is 24.8 Å². The zero-order valence-corrected chi connectivity index (χ0v) is 11.7. The maximum atomic E-state index is 4.24. The second kappa shape index (κ2) is 5.32. The molecule has 1 fully saturated rings. The van der Waals surface area contributed by atoms with Gasteiger partial charge in [-0.25, -0.2) is 4.98 Å². The second-order valence-electron chi connectivity index (χ2n) is 4.75. The van der Waals surface area contributed by atoms with E-state index in [9.17, 15) is 0 Å². The molecule has 3 nitrogen and oxygen atoms in total. The maximum absolute atomic E-state index is 4.24. The Morgan fingerprint density at radius 3 is 2.94 bits per heavy atom. The molecule has 0 aromatic carbocycles. The van der Waals surface area contributed by atoms with E-state index in [-0.39, 0.29) is 0 Å². The third-order valence-corrected chi connectivity index (χ3v) is 4.72. The topological polar surface area (TPSA) is 21.1 Å². The van der Waals surface area contributed by atoms with Gasteiger partial charge < -0.3 is 9.47 Å². The van der Waals surface area contributed by atoms with E-state index in [2.05, 4.69) is 50.4 Å². The van der Waals surface area contributed by atoms with Crippen LogP contribution in [0.15, 0.2) is 12.4 Å². The van der Waals surface area contributed by atoms with Crippen LogP contribution in [0.4, 0.5) is 0 Å². The average molecular weight is 286 g/mol. The summed E-state index contributed by atoms with van der Waals surface area (Å²) in [6, 6.07) is 0. The lowest BCUT2D eigenvalue weighted by atomic mass is 9.99. The summed E-state index contributed by atoms with van der Waals surface area (Å²) in [7, 11) is 0. The number of halogens is 1. The molecule has 0 saturated carbocycles. The molecule has 1 aliphatic heterocycles. The van der Waals surface area contributed by atoms with Crippen molar-refractivity contribution in [3.05, 3.63) is 18.2 Å². The maximum Gasteiger partial charge on any atom is 0.105 e. The van der Waals surface area contributed by atoms with Gasteiger partial charge >= 0.3 is 0 Å². The molecule has 0 bridgehead atoms. The van der Waals surface area contributed by atoms with Gasteiger partial charge in [-0.2, -0.15) is 0 Å². The van der Waals surface area contributed by atoms with Crippen molar-refractivity contribution in [2.24, 2.45) is 5.92 Å². The molecule has 0 radical (unpaired) electrons. The SMILES string of the molecule is Cc1nccn1CCN1CCC(C)C(Br)C1. The highest BCUT2D eigenvalue weighted by Crippen LogP contribution is 2.22. The van der Waals surface area contributed by atoms with E-state index in [1.54, 1.807) is 0 Å². The van der Waals surface area contributed by atoms with Crippen molar-refractivity contribution >= 4 is 15.9 Å². The van der Waals surface area contributed by atoms with E-state index in [1.807, 2.05) is 6.20 Å². The van der Waals surface area contributed by atoms with E-state index in [0.29, 0.717) is 4.83 Å². The predicted molar refractivity (Wildman–Crippen MR) is 69.9 cm³/mol. The number of hydrogen-bond acceptors (Lipinski definition) is 2. The van der Waals surface area contributed by atoms with Crippen LogP contribution in [0, 0.1) is 12.8 Å². The fourth-order valence-electron chi connectivity index (χ4n) is 2.18. The minimum absolute atomic E-state index is 0.658. The first kappa shape index (κ1) is 12.1. The smallest absolute Gasteiger partial charge is 0.105 e. The van der Waals surface area contributed by atoms with Crippen LogP contribution in [0.5, 0.6) is 0 Å². The quantitative estimate of drug-likeness (QED) is 0.795. The normalized spacial score (nSPS) is 27.2. The van der Waals surface area contributed by atoms with Crippen molar-refractivity contribution in [3.8, 4) is 0 Å². The number of likely N-dealkylation sites (tertiary alicyclic amines) is 1. The molecule has 2 atom stereocenters. The van der Waals surface area contributed by atoms with Crippen LogP contribution in [0.2, 0.25) is 0 Å². The first-order valence-corrected chi connectivity index (χ1v) is 6.92. The van der Waals surface area contributed by atoms with Crippen molar-refractivity contribution < 1.29 is 0 Å². The standard InChI is InChI=1S/C12H20BrN3/c1-10-3-5-15(9-12(10)13)7-8-16-6-4-14-11(16)2/h4,6,10,12H,3,5,7-9H2,1-2H3. The van der Waals surface area contributed by atoms with Gasteiger partial charge in [-0.15, -0.1) is 0 Å². The van der Waals surface area contributed by atoms with E-state index in [4.69, 9.17) is 0 Å². The number of aromatic nitrogens is 2. The molecule has 0 amide bonds. The lowest BCUT2D eigenvalue weighted by molar-refractivity contribution is 0.194. The first-order chi connectivity index (χ1) is 7.66. The van der Waals surface area contributed by atoms with Crippen LogP contribution >= 0.6 is 15.9 Å². The molecular weight excluding hydrogens is 266 g/mol. The van der Waals surface area contributed by atoms with Crippen LogP contribution in [0.25, 0.3) is 0 Å². The van der Waals surface area contributed by atoms with E-state index in [1.165, 1.54) is 19.5 Å². The Bertz CT molecular complexity index is 337. The summed E-state index contributed by atoms with van der Waals surface area (Å²) in [5.74, 6) is 1.92. The monoisotopic (exact) mass is 285 g/mol. The number of hydrogen-bond donors (Lipinski definition) is 0. The van der Waals surface area contributed by atoms with Crippen LogP contribution in [-0.4, -0.2) is 38.9 Å². The van der Waals surface area contributed by atoms with Gasteiger partial charge in [0.2, 0.25) is 0 Å². The summed E-state index contributed by atoms with van der Waals surface area (Å²) in [4.78, 5) is 7.44. The Morgan fingerprint density at radius 2 is 2.31 bits per heavy atom. The zero-order chi connectivity index (χ0) is 11.5. The molecule has 0 N–H and O–H groups in total. The molecular formula is C12H20BrN3. The van der Waals surface area contributed by atoms with Crippen LogP contribution < -0.4 is 0 Å². The Balaban J connectivity index is 1.81. The van der Waals surface area contributed by atoms with Gasteiger partial charge in [-0.3, -0.25) is 0 Å². The number of imidazole rings is 1. The Labute approximate surface area is 106 Å². The van der Waals surface area contributed by atoms with Crippen LogP contribution in [0.1, 0.15) is 19.2 Å². The Hall–Kier alpha value is -0.350. The van der Waals surface area contributed by atoms with Crippen molar-refractivity contribution in [2.45, 2.75) is 31.6 Å². The summed E-state index contributed by atoms with van der Waals surface area (Å²) in [6.45, 7) is 8.99. The van der Waals surface area contributed by atoms with Crippen molar-refractivity contribution in [3.63, 3.8) is 0 Å². The van der Waals surface area contributed by atoms with Gasteiger partial charge in [-0.1, -0.05) is 22.9 Å². The molecule has 0 aliphatic carbocycles. The fraction of sp³-hybridized carbons (Fsp3) is 0.750. The van der Waals surface area contributed by atoms with E-state index >= 15 is 0 Å². The summed E-state index contributed by atoms with van der Waals surface area (Å²) in [5, 5.41) is 0. The number of rotatable bonds is 3. The molecule has 90 valence electrons. The highest BCUT2D eigenvalue weighted by molar-refractivity contribution is 9.09. The van der Waals surface area contributed by atoms with Gasteiger partial charge in [-0.05, 0) is 25.8 Å². The Kier molecular flexibility index (Phi) is 4.03. The van der Waals surface area contributed by atoms with Crippen LogP contribution in [0.3, 0.4) is 0 Å².